The first-order chi connectivity index (χ1) is 12.6. The normalized spacial score (nSPS) is 11.0. The third kappa shape index (κ3) is 6.12. The summed E-state index contributed by atoms with van der Waals surface area (Å²) in [6.07, 6.45) is 0. The van der Waals surface area contributed by atoms with Gasteiger partial charge in [-0.15, -0.1) is 0 Å². The average Bonchev–Trinajstić information content (AvgIpc) is 2.68. The lowest BCUT2D eigenvalue weighted by atomic mass is 10.1. The summed E-state index contributed by atoms with van der Waals surface area (Å²) >= 11 is 0. The van der Waals surface area contributed by atoms with Crippen LogP contribution in [0, 0.1) is 6.92 Å². The molecular weight excluding hydrogens is 328 g/mol. The van der Waals surface area contributed by atoms with Gasteiger partial charge in [0.1, 0.15) is 5.75 Å². The van der Waals surface area contributed by atoms with E-state index in [0.717, 1.165) is 5.75 Å². The van der Waals surface area contributed by atoms with E-state index in [4.69, 9.17) is 4.74 Å². The number of nitrogens with one attached hydrogen (secondary N) is 3. The van der Waals surface area contributed by atoms with Gasteiger partial charge < -0.3 is 20.7 Å². The Balaban J connectivity index is 1.69. The van der Waals surface area contributed by atoms with Crippen LogP contribution in [0.3, 0.4) is 0 Å². The van der Waals surface area contributed by atoms with Gasteiger partial charge >= 0.3 is 0 Å². The molecule has 0 saturated carbocycles. The Morgan fingerprint density at radius 1 is 0.962 bits per heavy atom. The second kappa shape index (κ2) is 10.1. The molecule has 0 aliphatic rings. The Morgan fingerprint density at radius 2 is 1.62 bits per heavy atom. The molecule has 2 aromatic rings. The van der Waals surface area contributed by atoms with E-state index in [1.54, 1.807) is 38.4 Å². The molecule has 0 unspecified atom stereocenters. The lowest BCUT2D eigenvalue weighted by Crippen LogP contribution is -2.41. The van der Waals surface area contributed by atoms with Gasteiger partial charge in [-0.05, 0) is 36.8 Å². The van der Waals surface area contributed by atoms with Gasteiger partial charge in [-0.2, -0.15) is 0 Å². The Hall–Kier alpha value is -3.02. The van der Waals surface area contributed by atoms with E-state index in [1.165, 1.54) is 11.1 Å². The Labute approximate surface area is 154 Å². The van der Waals surface area contributed by atoms with Crippen molar-refractivity contribution in [3.05, 3.63) is 65.2 Å². The minimum absolute atomic E-state index is 0.114. The van der Waals surface area contributed by atoms with Crippen molar-refractivity contribution >= 4 is 11.9 Å². The van der Waals surface area contributed by atoms with Gasteiger partial charge in [0, 0.05) is 32.2 Å². The maximum absolute atomic E-state index is 12.1. The molecule has 138 valence electrons. The smallest absolute Gasteiger partial charge is 0.251 e. The van der Waals surface area contributed by atoms with Crippen LogP contribution in [0.4, 0.5) is 0 Å². The SMILES string of the molecule is CN=C(NCCNC(=O)c1ccc(OC)cc1)NCc1ccc(C)cc1. The van der Waals surface area contributed by atoms with E-state index in [9.17, 15) is 4.79 Å². The Bertz CT molecular complexity index is 724. The van der Waals surface area contributed by atoms with E-state index < -0.39 is 0 Å². The standard InChI is InChI=1S/C20H26N4O2/c1-15-4-6-16(7-5-15)14-24-20(21-2)23-13-12-22-19(25)17-8-10-18(26-3)11-9-17/h4-11H,12-14H2,1-3H3,(H,22,25)(H2,21,23,24). The van der Waals surface area contributed by atoms with Gasteiger partial charge in [-0.3, -0.25) is 9.79 Å². The van der Waals surface area contributed by atoms with Gasteiger partial charge in [-0.25, -0.2) is 0 Å². The molecule has 2 aromatic carbocycles. The molecule has 0 aliphatic carbocycles. The molecule has 26 heavy (non-hydrogen) atoms. The molecule has 0 atom stereocenters. The van der Waals surface area contributed by atoms with Crippen molar-refractivity contribution < 1.29 is 9.53 Å². The number of hydrogen-bond donors (Lipinski definition) is 3. The summed E-state index contributed by atoms with van der Waals surface area (Å²) < 4.78 is 5.09. The molecule has 0 bridgehead atoms. The van der Waals surface area contributed by atoms with Gasteiger partial charge in [0.15, 0.2) is 5.96 Å². The number of carbonyl (C=O) groups is 1. The van der Waals surface area contributed by atoms with Crippen LogP contribution in [-0.2, 0) is 6.54 Å². The van der Waals surface area contributed by atoms with Crippen LogP contribution < -0.4 is 20.7 Å². The maximum atomic E-state index is 12.1. The Kier molecular flexibility index (Phi) is 7.49. The lowest BCUT2D eigenvalue weighted by molar-refractivity contribution is 0.0954. The zero-order valence-corrected chi connectivity index (χ0v) is 15.5. The summed E-state index contributed by atoms with van der Waals surface area (Å²) in [5.41, 5.74) is 3.03. The summed E-state index contributed by atoms with van der Waals surface area (Å²) in [5.74, 6) is 1.31. The minimum atomic E-state index is -0.114. The number of carbonyl (C=O) groups excluding carboxylic acids is 1. The van der Waals surface area contributed by atoms with Gasteiger partial charge in [0.25, 0.3) is 5.91 Å². The number of hydrogen-bond acceptors (Lipinski definition) is 3. The monoisotopic (exact) mass is 354 g/mol. The first-order valence-corrected chi connectivity index (χ1v) is 8.54. The van der Waals surface area contributed by atoms with Crippen molar-refractivity contribution in [3.63, 3.8) is 0 Å². The molecule has 0 spiro atoms. The van der Waals surface area contributed by atoms with E-state index in [0.29, 0.717) is 31.2 Å². The number of aliphatic imine (C=N–C) groups is 1. The minimum Gasteiger partial charge on any atom is -0.497 e. The van der Waals surface area contributed by atoms with Gasteiger partial charge in [-0.1, -0.05) is 29.8 Å². The van der Waals surface area contributed by atoms with Crippen LogP contribution in [0.5, 0.6) is 5.75 Å². The second-order valence-electron chi connectivity index (χ2n) is 5.82. The van der Waals surface area contributed by atoms with Crippen LogP contribution in [0.25, 0.3) is 0 Å². The van der Waals surface area contributed by atoms with E-state index in [-0.39, 0.29) is 5.91 Å². The fraction of sp³-hybridized carbons (Fsp3) is 0.300. The molecule has 6 nitrogen and oxygen atoms in total. The molecule has 1 amide bonds. The predicted octanol–water partition coefficient (Wildman–Crippen LogP) is 2.10. The lowest BCUT2D eigenvalue weighted by Gasteiger charge is -2.12. The molecule has 0 heterocycles. The molecule has 0 aromatic heterocycles. The maximum Gasteiger partial charge on any atom is 0.251 e. The van der Waals surface area contributed by atoms with Crippen LogP contribution in [-0.4, -0.2) is 39.1 Å². The molecule has 0 aliphatic heterocycles. The number of nitrogens with zero attached hydrogens (tertiary/aromatic N) is 1. The van der Waals surface area contributed by atoms with E-state index in [1.807, 2.05) is 0 Å². The molecular formula is C20H26N4O2. The van der Waals surface area contributed by atoms with Crippen LogP contribution in [0.1, 0.15) is 21.5 Å². The summed E-state index contributed by atoms with van der Waals surface area (Å²) in [6, 6.07) is 15.4. The van der Waals surface area contributed by atoms with Gasteiger partial charge in [0.2, 0.25) is 0 Å². The summed E-state index contributed by atoms with van der Waals surface area (Å²) in [6.45, 7) is 3.83. The Morgan fingerprint density at radius 3 is 2.23 bits per heavy atom. The topological polar surface area (TPSA) is 74.8 Å². The third-order valence-corrected chi connectivity index (χ3v) is 3.86. The fourth-order valence-electron chi connectivity index (χ4n) is 2.31. The molecule has 3 N–H and O–H groups in total. The number of amides is 1. The van der Waals surface area contributed by atoms with Crippen molar-refractivity contribution in [2.45, 2.75) is 13.5 Å². The number of methoxy groups -OCH3 is 1. The van der Waals surface area contributed by atoms with Crippen molar-refractivity contribution in [1.82, 2.24) is 16.0 Å². The van der Waals surface area contributed by atoms with Crippen molar-refractivity contribution in [2.24, 2.45) is 4.99 Å². The highest BCUT2D eigenvalue weighted by molar-refractivity contribution is 5.94. The van der Waals surface area contributed by atoms with Gasteiger partial charge in [0.05, 0.1) is 7.11 Å². The molecule has 6 heteroatoms. The molecule has 0 saturated heterocycles. The predicted molar refractivity (Wildman–Crippen MR) is 105 cm³/mol. The highest BCUT2D eigenvalue weighted by Crippen LogP contribution is 2.10. The van der Waals surface area contributed by atoms with Crippen molar-refractivity contribution in [3.8, 4) is 5.75 Å². The first kappa shape index (κ1) is 19.3. The molecule has 0 fully saturated rings. The highest BCUT2D eigenvalue weighted by Gasteiger charge is 2.05. The largest absolute Gasteiger partial charge is 0.497 e. The quantitative estimate of drug-likeness (QED) is 0.404. The number of ether oxygens (including phenoxy) is 1. The fourth-order valence-corrected chi connectivity index (χ4v) is 2.31. The van der Waals surface area contributed by atoms with E-state index >= 15 is 0 Å². The summed E-state index contributed by atoms with van der Waals surface area (Å²) in [5, 5.41) is 9.30. The van der Waals surface area contributed by atoms with E-state index in [2.05, 4.69) is 52.1 Å². The summed E-state index contributed by atoms with van der Waals surface area (Å²) in [4.78, 5) is 16.3. The zero-order valence-electron chi connectivity index (χ0n) is 15.5. The van der Waals surface area contributed by atoms with Crippen LogP contribution in [0.15, 0.2) is 53.5 Å². The number of benzene rings is 2. The highest BCUT2D eigenvalue weighted by atomic mass is 16.5. The molecule has 0 radical (unpaired) electrons. The zero-order chi connectivity index (χ0) is 18.8. The van der Waals surface area contributed by atoms with Crippen LogP contribution in [0.2, 0.25) is 0 Å². The molecule has 2 rings (SSSR count). The third-order valence-electron chi connectivity index (χ3n) is 3.86. The summed E-state index contributed by atoms with van der Waals surface area (Å²) in [7, 11) is 3.32. The number of rotatable bonds is 7. The number of aryl methyl sites for hydroxylation is 1. The van der Waals surface area contributed by atoms with Crippen molar-refractivity contribution in [2.75, 3.05) is 27.2 Å². The van der Waals surface area contributed by atoms with Crippen molar-refractivity contribution in [1.29, 1.82) is 0 Å². The second-order valence-corrected chi connectivity index (χ2v) is 5.82. The number of guanidine groups is 1. The van der Waals surface area contributed by atoms with Crippen LogP contribution >= 0.6 is 0 Å². The first-order valence-electron chi connectivity index (χ1n) is 8.54. The average molecular weight is 354 g/mol.